The molecule has 7 nitrogen and oxygen atoms in total. The second kappa shape index (κ2) is 6.76. The van der Waals surface area contributed by atoms with E-state index in [1.54, 1.807) is 0 Å². The first-order valence-corrected chi connectivity index (χ1v) is 7.14. The molecule has 2 amide bonds. The quantitative estimate of drug-likeness (QED) is 0.721. The first-order chi connectivity index (χ1) is 10.4. The fourth-order valence-corrected chi connectivity index (χ4v) is 2.47. The molecule has 0 bridgehead atoms. The number of hydrogen-bond donors (Lipinski definition) is 3. The van der Waals surface area contributed by atoms with Crippen molar-refractivity contribution in [2.75, 3.05) is 13.1 Å². The molecule has 2 rings (SSSR count). The Hall–Kier alpha value is -2.12. The maximum atomic E-state index is 12.0. The molecule has 0 aromatic heterocycles. The average molecular weight is 307 g/mol. The lowest BCUT2D eigenvalue weighted by Gasteiger charge is -2.40. The molecule has 1 unspecified atom stereocenters. The lowest BCUT2D eigenvalue weighted by molar-refractivity contribution is -0.130. The van der Waals surface area contributed by atoms with E-state index >= 15 is 0 Å². The summed E-state index contributed by atoms with van der Waals surface area (Å²) in [5, 5.41) is 9.75. The van der Waals surface area contributed by atoms with E-state index in [1.165, 1.54) is 4.90 Å². The third-order valence-corrected chi connectivity index (χ3v) is 3.97. The maximum Gasteiger partial charge on any atom is 0.410 e. The van der Waals surface area contributed by atoms with Crippen LogP contribution in [0.3, 0.4) is 0 Å². The molecular formula is C15H21N3O4. The van der Waals surface area contributed by atoms with Crippen LogP contribution in [0.15, 0.2) is 30.3 Å². The third-order valence-electron chi connectivity index (χ3n) is 3.97. The van der Waals surface area contributed by atoms with Gasteiger partial charge in [-0.25, -0.2) is 4.79 Å². The predicted molar refractivity (Wildman–Crippen MR) is 79.6 cm³/mol. The summed E-state index contributed by atoms with van der Waals surface area (Å²) in [6, 6.07) is 9.38. The summed E-state index contributed by atoms with van der Waals surface area (Å²) >= 11 is 0. The molecule has 1 aliphatic rings. The zero-order valence-electron chi connectivity index (χ0n) is 12.3. The van der Waals surface area contributed by atoms with Crippen molar-refractivity contribution in [3.8, 4) is 0 Å². The number of carbonyl (C=O) groups excluding carboxylic acids is 2. The van der Waals surface area contributed by atoms with Gasteiger partial charge in [-0.15, -0.1) is 0 Å². The van der Waals surface area contributed by atoms with E-state index < -0.39 is 23.6 Å². The summed E-state index contributed by atoms with van der Waals surface area (Å²) < 4.78 is 5.24. The van der Waals surface area contributed by atoms with Gasteiger partial charge in [0.15, 0.2) is 6.10 Å². The van der Waals surface area contributed by atoms with E-state index in [4.69, 9.17) is 16.2 Å². The number of likely N-dealkylation sites (tertiary alicyclic amines) is 1. The molecule has 7 heteroatoms. The first kappa shape index (κ1) is 16.3. The van der Waals surface area contributed by atoms with Crippen LogP contribution in [0.25, 0.3) is 0 Å². The number of nitrogens with two attached hydrogens (primary N) is 2. The van der Waals surface area contributed by atoms with E-state index in [1.807, 2.05) is 30.3 Å². The second-order valence-corrected chi connectivity index (χ2v) is 5.57. The molecule has 1 saturated heterocycles. The van der Waals surface area contributed by atoms with E-state index in [0.29, 0.717) is 13.1 Å². The van der Waals surface area contributed by atoms with E-state index in [-0.39, 0.29) is 19.4 Å². The third kappa shape index (κ3) is 3.75. The lowest BCUT2D eigenvalue weighted by atomic mass is 9.83. The minimum Gasteiger partial charge on any atom is -0.445 e. The Balaban J connectivity index is 1.83. The van der Waals surface area contributed by atoms with Gasteiger partial charge in [0.2, 0.25) is 5.91 Å². The van der Waals surface area contributed by atoms with Gasteiger partial charge in [-0.3, -0.25) is 4.79 Å². The van der Waals surface area contributed by atoms with Crippen molar-refractivity contribution < 1.29 is 19.4 Å². The van der Waals surface area contributed by atoms with Gasteiger partial charge in [0.05, 0.1) is 5.54 Å². The normalized spacial score (nSPS) is 18.5. The number of benzene rings is 1. The van der Waals surface area contributed by atoms with Gasteiger partial charge in [-0.05, 0) is 18.4 Å². The Morgan fingerprint density at radius 3 is 2.41 bits per heavy atom. The number of amides is 2. The highest BCUT2D eigenvalue weighted by Gasteiger charge is 2.41. The van der Waals surface area contributed by atoms with Crippen LogP contribution in [0.1, 0.15) is 18.4 Å². The monoisotopic (exact) mass is 307 g/mol. The SMILES string of the molecule is NC(=O)C(O)C1(N)CCN(C(=O)OCc2ccccc2)CC1. The van der Waals surface area contributed by atoms with Crippen LogP contribution in [-0.2, 0) is 16.1 Å². The van der Waals surface area contributed by atoms with E-state index in [9.17, 15) is 14.7 Å². The smallest absolute Gasteiger partial charge is 0.410 e. The summed E-state index contributed by atoms with van der Waals surface area (Å²) in [5.74, 6) is -0.845. The first-order valence-electron chi connectivity index (χ1n) is 7.14. The van der Waals surface area contributed by atoms with Gasteiger partial charge < -0.3 is 26.2 Å². The van der Waals surface area contributed by atoms with E-state index in [2.05, 4.69) is 0 Å². The number of rotatable bonds is 4. The Labute approximate surface area is 128 Å². The van der Waals surface area contributed by atoms with Crippen molar-refractivity contribution >= 4 is 12.0 Å². The van der Waals surface area contributed by atoms with Gasteiger partial charge in [0, 0.05) is 13.1 Å². The summed E-state index contributed by atoms with van der Waals surface area (Å²) in [6.45, 7) is 0.830. The number of ether oxygens (including phenoxy) is 1. The number of aliphatic hydroxyl groups is 1. The highest BCUT2D eigenvalue weighted by Crippen LogP contribution is 2.24. The number of nitrogens with zero attached hydrogens (tertiary/aromatic N) is 1. The topological polar surface area (TPSA) is 119 Å². The summed E-state index contributed by atoms with van der Waals surface area (Å²) in [5.41, 5.74) is 10.9. The number of piperidine rings is 1. The van der Waals surface area contributed by atoms with Crippen molar-refractivity contribution in [2.24, 2.45) is 11.5 Å². The highest BCUT2D eigenvalue weighted by molar-refractivity contribution is 5.80. The molecule has 5 N–H and O–H groups in total. The van der Waals surface area contributed by atoms with E-state index in [0.717, 1.165) is 5.56 Å². The molecule has 1 fully saturated rings. The summed E-state index contributed by atoms with van der Waals surface area (Å²) in [4.78, 5) is 24.6. The van der Waals surface area contributed by atoms with Crippen LogP contribution in [-0.4, -0.2) is 46.7 Å². The van der Waals surface area contributed by atoms with Crippen LogP contribution in [0.5, 0.6) is 0 Å². The Bertz CT molecular complexity index is 527. The van der Waals surface area contributed by atoms with Crippen molar-refractivity contribution in [1.82, 2.24) is 4.90 Å². The van der Waals surface area contributed by atoms with Gasteiger partial charge in [0.25, 0.3) is 0 Å². The maximum absolute atomic E-state index is 12.0. The Morgan fingerprint density at radius 1 is 1.27 bits per heavy atom. The Kier molecular flexibility index (Phi) is 4.99. The van der Waals surface area contributed by atoms with Gasteiger partial charge in [0.1, 0.15) is 6.61 Å². The number of hydrogen-bond acceptors (Lipinski definition) is 5. The minimum atomic E-state index is -1.41. The molecular weight excluding hydrogens is 286 g/mol. The van der Waals surface area contributed by atoms with Crippen LogP contribution in [0.4, 0.5) is 4.79 Å². The molecule has 0 saturated carbocycles. The predicted octanol–water partition coefficient (Wildman–Crippen LogP) is -0.0373. The number of primary amides is 1. The highest BCUT2D eigenvalue weighted by atomic mass is 16.6. The molecule has 1 aromatic rings. The van der Waals surface area contributed by atoms with Gasteiger partial charge in [-0.2, -0.15) is 0 Å². The molecule has 1 aliphatic heterocycles. The largest absolute Gasteiger partial charge is 0.445 e. The van der Waals surface area contributed by atoms with Crippen molar-refractivity contribution in [3.63, 3.8) is 0 Å². The van der Waals surface area contributed by atoms with Crippen LogP contribution < -0.4 is 11.5 Å². The molecule has 0 aliphatic carbocycles. The summed E-state index contributed by atoms with van der Waals surface area (Å²) in [7, 11) is 0. The zero-order chi connectivity index (χ0) is 16.2. The summed E-state index contributed by atoms with van der Waals surface area (Å²) in [6.07, 6.45) is -1.26. The molecule has 120 valence electrons. The zero-order valence-corrected chi connectivity index (χ0v) is 12.3. The number of carbonyl (C=O) groups is 2. The standard InChI is InChI=1S/C15H21N3O4/c16-13(20)12(19)15(17)6-8-18(9-7-15)14(21)22-10-11-4-2-1-3-5-11/h1-5,12,19H,6-10,17H2,(H2,16,20). The fraction of sp³-hybridized carbons (Fsp3) is 0.467. The molecule has 1 atom stereocenters. The lowest BCUT2D eigenvalue weighted by Crippen LogP contribution is -2.61. The molecule has 1 heterocycles. The van der Waals surface area contributed by atoms with Crippen LogP contribution in [0, 0.1) is 0 Å². The molecule has 0 radical (unpaired) electrons. The Morgan fingerprint density at radius 2 is 1.86 bits per heavy atom. The molecule has 1 aromatic carbocycles. The number of aliphatic hydroxyl groups excluding tert-OH is 1. The van der Waals surface area contributed by atoms with Crippen molar-refractivity contribution in [2.45, 2.75) is 31.1 Å². The fourth-order valence-electron chi connectivity index (χ4n) is 2.47. The van der Waals surface area contributed by atoms with Crippen molar-refractivity contribution in [1.29, 1.82) is 0 Å². The van der Waals surface area contributed by atoms with Gasteiger partial charge in [-0.1, -0.05) is 30.3 Å². The second-order valence-electron chi connectivity index (χ2n) is 5.57. The molecule has 0 spiro atoms. The van der Waals surface area contributed by atoms with Crippen LogP contribution >= 0.6 is 0 Å². The van der Waals surface area contributed by atoms with Crippen molar-refractivity contribution in [3.05, 3.63) is 35.9 Å². The minimum absolute atomic E-state index is 0.202. The molecule has 22 heavy (non-hydrogen) atoms. The van der Waals surface area contributed by atoms with Gasteiger partial charge >= 0.3 is 6.09 Å². The van der Waals surface area contributed by atoms with Crippen LogP contribution in [0.2, 0.25) is 0 Å². The average Bonchev–Trinajstić information content (AvgIpc) is 2.53.